The van der Waals surface area contributed by atoms with E-state index in [-0.39, 0.29) is 4.90 Å². The van der Waals surface area contributed by atoms with Crippen LogP contribution in [0.25, 0.3) is 0 Å². The minimum absolute atomic E-state index is 0.140. The van der Waals surface area contributed by atoms with Gasteiger partial charge in [-0.2, -0.15) is 8.42 Å². The molecule has 0 spiro atoms. The van der Waals surface area contributed by atoms with Gasteiger partial charge in [-0.25, -0.2) is 0 Å². The van der Waals surface area contributed by atoms with Crippen LogP contribution < -0.4 is 0 Å². The van der Waals surface area contributed by atoms with E-state index in [1.807, 2.05) is 19.1 Å². The SMILES string of the molecule is Cc1ccc(S(=O)(=O)N=Nc2ccc(C#CC3CCCC3)cc2)cc1. The van der Waals surface area contributed by atoms with E-state index in [4.69, 9.17) is 0 Å². The summed E-state index contributed by atoms with van der Waals surface area (Å²) in [5.41, 5.74) is 2.39. The molecular weight excluding hydrogens is 332 g/mol. The molecule has 0 radical (unpaired) electrons. The molecule has 1 aliphatic rings. The first-order valence-electron chi connectivity index (χ1n) is 8.39. The summed E-state index contributed by atoms with van der Waals surface area (Å²) in [6.07, 6.45) is 4.93. The topological polar surface area (TPSA) is 58.9 Å². The zero-order valence-corrected chi connectivity index (χ0v) is 15.0. The summed E-state index contributed by atoms with van der Waals surface area (Å²) in [7, 11) is -3.78. The van der Waals surface area contributed by atoms with Crippen molar-refractivity contribution >= 4 is 15.7 Å². The quantitative estimate of drug-likeness (QED) is 0.576. The second-order valence-corrected chi connectivity index (χ2v) is 7.85. The molecule has 5 heteroatoms. The van der Waals surface area contributed by atoms with Crippen LogP contribution in [-0.4, -0.2) is 8.42 Å². The lowest BCUT2D eigenvalue weighted by Gasteiger charge is -1.99. The summed E-state index contributed by atoms with van der Waals surface area (Å²) in [5, 5.41) is 3.84. The largest absolute Gasteiger partial charge is 0.299 e. The molecule has 128 valence electrons. The molecule has 4 nitrogen and oxygen atoms in total. The minimum Gasteiger partial charge on any atom is -0.198 e. The number of nitrogens with zero attached hydrogens (tertiary/aromatic N) is 2. The van der Waals surface area contributed by atoms with Crippen molar-refractivity contribution in [2.75, 3.05) is 0 Å². The fourth-order valence-corrected chi connectivity index (χ4v) is 3.50. The predicted molar refractivity (Wildman–Crippen MR) is 98.2 cm³/mol. The molecule has 3 rings (SSSR count). The van der Waals surface area contributed by atoms with Crippen molar-refractivity contribution in [3.63, 3.8) is 0 Å². The van der Waals surface area contributed by atoms with Gasteiger partial charge in [0, 0.05) is 11.5 Å². The highest BCUT2D eigenvalue weighted by Gasteiger charge is 2.12. The van der Waals surface area contributed by atoms with Crippen LogP contribution in [0.15, 0.2) is 63.1 Å². The lowest BCUT2D eigenvalue weighted by molar-refractivity contribution is 0.595. The summed E-state index contributed by atoms with van der Waals surface area (Å²) in [6, 6.07) is 13.7. The number of hydrogen-bond acceptors (Lipinski definition) is 3. The molecular formula is C20H20N2O2S. The summed E-state index contributed by atoms with van der Waals surface area (Å²) < 4.78 is 27.8. The van der Waals surface area contributed by atoms with Crippen molar-refractivity contribution in [1.29, 1.82) is 0 Å². The van der Waals surface area contributed by atoms with Gasteiger partial charge >= 0.3 is 0 Å². The molecule has 0 saturated heterocycles. The molecule has 0 N–H and O–H groups in total. The van der Waals surface area contributed by atoms with E-state index in [2.05, 4.69) is 21.5 Å². The average molecular weight is 352 g/mol. The fraction of sp³-hybridized carbons (Fsp3) is 0.300. The van der Waals surface area contributed by atoms with Gasteiger partial charge in [0.1, 0.15) is 0 Å². The molecule has 0 aromatic heterocycles. The summed E-state index contributed by atoms with van der Waals surface area (Å²) in [5.74, 6) is 6.99. The number of benzene rings is 2. The number of sulfonamides is 1. The Morgan fingerprint density at radius 2 is 1.60 bits per heavy atom. The third-order valence-corrected chi connectivity index (χ3v) is 5.39. The van der Waals surface area contributed by atoms with Crippen LogP contribution in [0.3, 0.4) is 0 Å². The zero-order valence-electron chi connectivity index (χ0n) is 14.1. The molecule has 0 atom stereocenters. The first-order valence-corrected chi connectivity index (χ1v) is 9.83. The van der Waals surface area contributed by atoms with E-state index < -0.39 is 10.0 Å². The Kier molecular flexibility index (Phi) is 5.30. The molecule has 1 saturated carbocycles. The Morgan fingerprint density at radius 3 is 2.24 bits per heavy atom. The molecule has 2 aromatic carbocycles. The smallest absolute Gasteiger partial charge is 0.198 e. The highest BCUT2D eigenvalue weighted by Crippen LogP contribution is 2.24. The molecule has 0 heterocycles. The van der Waals surface area contributed by atoms with Crippen molar-refractivity contribution in [2.24, 2.45) is 15.6 Å². The summed E-state index contributed by atoms with van der Waals surface area (Å²) in [6.45, 7) is 1.90. The Hall–Kier alpha value is -2.45. The molecule has 25 heavy (non-hydrogen) atoms. The van der Waals surface area contributed by atoms with Crippen LogP contribution in [0, 0.1) is 24.7 Å². The zero-order chi connectivity index (χ0) is 17.7. The molecule has 0 bridgehead atoms. The number of hydrogen-bond donors (Lipinski definition) is 0. The van der Waals surface area contributed by atoms with Gasteiger partial charge < -0.3 is 0 Å². The van der Waals surface area contributed by atoms with Crippen LogP contribution in [0.1, 0.15) is 36.8 Å². The molecule has 2 aromatic rings. The molecule has 1 fully saturated rings. The Bertz CT molecular complexity index is 912. The van der Waals surface area contributed by atoms with E-state index in [0.717, 1.165) is 11.1 Å². The van der Waals surface area contributed by atoms with Gasteiger partial charge in [-0.15, -0.1) is 5.11 Å². The van der Waals surface area contributed by atoms with Gasteiger partial charge in [0.2, 0.25) is 0 Å². The first-order chi connectivity index (χ1) is 12.0. The maximum Gasteiger partial charge on any atom is 0.299 e. The summed E-state index contributed by atoms with van der Waals surface area (Å²) >= 11 is 0. The minimum atomic E-state index is -3.78. The van der Waals surface area contributed by atoms with Crippen LogP contribution in [0.5, 0.6) is 0 Å². The third kappa shape index (κ3) is 4.77. The van der Waals surface area contributed by atoms with E-state index in [1.165, 1.54) is 37.8 Å². The monoisotopic (exact) mass is 352 g/mol. The maximum absolute atomic E-state index is 12.2. The highest BCUT2D eigenvalue weighted by molar-refractivity contribution is 7.90. The number of rotatable bonds is 3. The summed E-state index contributed by atoms with van der Waals surface area (Å²) in [4.78, 5) is 0.140. The van der Waals surface area contributed by atoms with E-state index in [1.54, 1.807) is 24.3 Å². The fourth-order valence-electron chi connectivity index (χ4n) is 2.73. The Labute approximate surface area is 149 Å². The van der Waals surface area contributed by atoms with Crippen LogP contribution in [0.2, 0.25) is 0 Å². The van der Waals surface area contributed by atoms with Gasteiger partial charge in [0.25, 0.3) is 10.0 Å². The first kappa shape index (κ1) is 17.4. The van der Waals surface area contributed by atoms with Crippen molar-refractivity contribution in [3.8, 4) is 11.8 Å². The normalized spacial score (nSPS) is 15.2. The van der Waals surface area contributed by atoms with Crippen LogP contribution >= 0.6 is 0 Å². The van der Waals surface area contributed by atoms with E-state index >= 15 is 0 Å². The molecule has 1 aliphatic carbocycles. The standard InChI is InChI=1S/C20H20N2O2S/c1-16-6-14-20(15-7-16)25(23,24)22-21-19-12-10-18(11-13-19)9-8-17-4-2-3-5-17/h6-7,10-15,17H,2-5H2,1H3. The maximum atomic E-state index is 12.2. The Balaban J connectivity index is 1.70. The second-order valence-electron chi connectivity index (χ2n) is 6.27. The lowest BCUT2D eigenvalue weighted by atomic mass is 10.1. The Morgan fingerprint density at radius 1 is 0.960 bits per heavy atom. The van der Waals surface area contributed by atoms with E-state index in [9.17, 15) is 8.42 Å². The van der Waals surface area contributed by atoms with Crippen molar-refractivity contribution in [2.45, 2.75) is 37.5 Å². The van der Waals surface area contributed by atoms with Gasteiger partial charge in [-0.3, -0.25) is 0 Å². The van der Waals surface area contributed by atoms with E-state index in [0.29, 0.717) is 11.6 Å². The lowest BCUT2D eigenvalue weighted by Crippen LogP contribution is -1.95. The van der Waals surface area contributed by atoms with Crippen LogP contribution in [-0.2, 0) is 10.0 Å². The van der Waals surface area contributed by atoms with Crippen LogP contribution in [0.4, 0.5) is 5.69 Å². The third-order valence-electron chi connectivity index (χ3n) is 4.23. The van der Waals surface area contributed by atoms with Crippen molar-refractivity contribution < 1.29 is 8.42 Å². The highest BCUT2D eigenvalue weighted by atomic mass is 32.2. The van der Waals surface area contributed by atoms with Gasteiger partial charge in [-0.1, -0.05) is 46.9 Å². The number of aryl methyl sites for hydroxylation is 1. The van der Waals surface area contributed by atoms with Crippen molar-refractivity contribution in [1.82, 2.24) is 0 Å². The van der Waals surface area contributed by atoms with Gasteiger partial charge in [0.15, 0.2) is 0 Å². The average Bonchev–Trinajstić information content (AvgIpc) is 3.13. The second kappa shape index (κ2) is 7.62. The van der Waals surface area contributed by atoms with Gasteiger partial charge in [-0.05, 0) is 56.2 Å². The predicted octanol–water partition coefficient (Wildman–Crippen LogP) is 5.01. The molecule has 0 aliphatic heterocycles. The molecule has 0 amide bonds. The van der Waals surface area contributed by atoms with Crippen molar-refractivity contribution in [3.05, 3.63) is 59.7 Å². The molecule has 0 unspecified atom stereocenters. The van der Waals surface area contributed by atoms with Gasteiger partial charge in [0.05, 0.1) is 10.6 Å².